The molecule has 1 aromatic carbocycles. The summed E-state index contributed by atoms with van der Waals surface area (Å²) in [5.41, 5.74) is 0.895. The van der Waals surface area contributed by atoms with Gasteiger partial charge in [0.05, 0.1) is 5.02 Å². The Morgan fingerprint density at radius 3 is 2.91 bits per heavy atom. The molecule has 0 aliphatic rings. The molecule has 0 radical (unpaired) electrons. The van der Waals surface area contributed by atoms with Gasteiger partial charge in [0.15, 0.2) is 0 Å². The second kappa shape index (κ2) is 2.17. The third kappa shape index (κ3) is 0.870. The van der Waals surface area contributed by atoms with Crippen LogP contribution in [0.2, 0.25) is 5.02 Å². The fourth-order valence-corrected chi connectivity index (χ4v) is 1.26. The Labute approximate surface area is 68.4 Å². The smallest absolute Gasteiger partial charge is 0.143 e. The van der Waals surface area contributed by atoms with E-state index in [1.165, 1.54) is 0 Å². The number of H-pyrrole nitrogens is 1. The van der Waals surface area contributed by atoms with Crippen LogP contribution in [0.15, 0.2) is 24.4 Å². The normalized spacial score (nSPS) is 10.6. The number of phenolic OH excluding ortho intramolecular Hbond substituents is 1. The minimum Gasteiger partial charge on any atom is -0.506 e. The summed E-state index contributed by atoms with van der Waals surface area (Å²) < 4.78 is 0. The third-order valence-electron chi connectivity index (χ3n) is 1.66. The highest BCUT2D eigenvalue weighted by Gasteiger charge is 2.03. The van der Waals surface area contributed by atoms with Gasteiger partial charge >= 0.3 is 0 Å². The van der Waals surface area contributed by atoms with Crippen LogP contribution in [-0.2, 0) is 0 Å². The van der Waals surface area contributed by atoms with E-state index < -0.39 is 0 Å². The minimum absolute atomic E-state index is 0.144. The predicted molar refractivity (Wildman–Crippen MR) is 45.0 cm³/mol. The highest BCUT2D eigenvalue weighted by atomic mass is 35.5. The summed E-state index contributed by atoms with van der Waals surface area (Å²) in [6, 6.07) is 5.28. The first kappa shape index (κ1) is 6.55. The van der Waals surface area contributed by atoms with E-state index in [1.807, 2.05) is 6.07 Å². The van der Waals surface area contributed by atoms with Gasteiger partial charge in [0.25, 0.3) is 0 Å². The Bertz CT molecular complexity index is 394. The number of aromatic amines is 1. The zero-order valence-corrected chi connectivity index (χ0v) is 6.39. The Morgan fingerprint density at radius 1 is 1.27 bits per heavy atom. The molecule has 1 heterocycles. The van der Waals surface area contributed by atoms with Crippen molar-refractivity contribution in [3.8, 4) is 5.75 Å². The molecule has 0 unspecified atom stereocenters. The van der Waals surface area contributed by atoms with Crippen LogP contribution in [0.4, 0.5) is 0 Å². The highest BCUT2D eigenvalue weighted by Crippen LogP contribution is 2.31. The molecule has 0 bridgehead atoms. The summed E-state index contributed by atoms with van der Waals surface area (Å²) in [5, 5.41) is 10.5. The Morgan fingerprint density at radius 2 is 2.09 bits per heavy atom. The minimum atomic E-state index is 0.144. The highest BCUT2D eigenvalue weighted by molar-refractivity contribution is 6.33. The average Bonchev–Trinajstić information content (AvgIpc) is 2.45. The number of halogens is 1. The lowest BCUT2D eigenvalue weighted by Gasteiger charge is -1.96. The van der Waals surface area contributed by atoms with E-state index in [4.69, 9.17) is 11.6 Å². The maximum atomic E-state index is 9.40. The fraction of sp³-hybridized carbons (Fsp3) is 0. The van der Waals surface area contributed by atoms with Crippen LogP contribution in [0, 0.1) is 0 Å². The van der Waals surface area contributed by atoms with Gasteiger partial charge in [-0.3, -0.25) is 0 Å². The molecule has 2 nitrogen and oxygen atoms in total. The second-order valence-corrected chi connectivity index (χ2v) is 2.74. The molecule has 0 atom stereocenters. The molecule has 0 saturated carbocycles. The van der Waals surface area contributed by atoms with Crippen molar-refractivity contribution in [1.82, 2.24) is 4.98 Å². The zero-order chi connectivity index (χ0) is 7.84. The molecule has 0 aliphatic heterocycles. The number of aromatic nitrogens is 1. The van der Waals surface area contributed by atoms with Gasteiger partial charge in [-0.2, -0.15) is 0 Å². The summed E-state index contributed by atoms with van der Waals surface area (Å²) in [7, 11) is 0. The molecule has 0 fully saturated rings. The first-order valence-corrected chi connectivity index (χ1v) is 3.61. The van der Waals surface area contributed by atoms with Crippen molar-refractivity contribution in [1.29, 1.82) is 0 Å². The molecule has 3 heteroatoms. The lowest BCUT2D eigenvalue weighted by molar-refractivity contribution is 0.482. The average molecular weight is 168 g/mol. The zero-order valence-electron chi connectivity index (χ0n) is 5.63. The second-order valence-electron chi connectivity index (χ2n) is 2.33. The number of nitrogens with one attached hydrogen (secondary N) is 1. The van der Waals surface area contributed by atoms with Crippen LogP contribution in [0.5, 0.6) is 5.75 Å². The molecule has 2 N–H and O–H groups in total. The van der Waals surface area contributed by atoms with Crippen molar-refractivity contribution in [3.05, 3.63) is 29.4 Å². The van der Waals surface area contributed by atoms with E-state index in [0.29, 0.717) is 5.02 Å². The number of rotatable bonds is 0. The van der Waals surface area contributed by atoms with E-state index in [-0.39, 0.29) is 5.75 Å². The third-order valence-corrected chi connectivity index (χ3v) is 1.96. The van der Waals surface area contributed by atoms with Crippen LogP contribution in [0.1, 0.15) is 0 Å². The van der Waals surface area contributed by atoms with Crippen molar-refractivity contribution in [3.63, 3.8) is 0 Å². The molecule has 0 amide bonds. The van der Waals surface area contributed by atoms with Gasteiger partial charge in [-0.25, -0.2) is 0 Å². The van der Waals surface area contributed by atoms with Crippen LogP contribution < -0.4 is 0 Å². The van der Waals surface area contributed by atoms with Gasteiger partial charge in [-0.1, -0.05) is 11.6 Å². The van der Waals surface area contributed by atoms with Gasteiger partial charge in [0, 0.05) is 17.1 Å². The van der Waals surface area contributed by atoms with E-state index in [2.05, 4.69) is 4.98 Å². The maximum absolute atomic E-state index is 9.40. The van der Waals surface area contributed by atoms with Crippen LogP contribution >= 0.6 is 11.6 Å². The summed E-state index contributed by atoms with van der Waals surface area (Å²) in [4.78, 5) is 2.97. The molecule has 2 aromatic rings. The number of hydrogen-bond donors (Lipinski definition) is 2. The Kier molecular flexibility index (Phi) is 1.29. The molecule has 0 saturated heterocycles. The van der Waals surface area contributed by atoms with Crippen LogP contribution in [-0.4, -0.2) is 10.1 Å². The first-order chi connectivity index (χ1) is 5.29. The number of hydrogen-bond acceptors (Lipinski definition) is 1. The summed E-state index contributed by atoms with van der Waals surface area (Å²) in [6.45, 7) is 0. The molecule has 0 aliphatic carbocycles. The first-order valence-electron chi connectivity index (χ1n) is 3.23. The van der Waals surface area contributed by atoms with Crippen molar-refractivity contribution < 1.29 is 5.11 Å². The van der Waals surface area contributed by atoms with E-state index in [0.717, 1.165) is 10.9 Å². The predicted octanol–water partition coefficient (Wildman–Crippen LogP) is 2.53. The van der Waals surface area contributed by atoms with E-state index >= 15 is 0 Å². The van der Waals surface area contributed by atoms with E-state index in [1.54, 1.807) is 18.3 Å². The lowest BCUT2D eigenvalue weighted by atomic mass is 10.2. The quantitative estimate of drug-likeness (QED) is 0.622. The van der Waals surface area contributed by atoms with Gasteiger partial charge < -0.3 is 10.1 Å². The Balaban J connectivity index is 2.93. The topological polar surface area (TPSA) is 36.0 Å². The number of fused-ring (bicyclic) bond motifs is 1. The SMILES string of the molecule is Oc1c(Cl)ccc2[nH]ccc12. The molecule has 11 heavy (non-hydrogen) atoms. The van der Waals surface area contributed by atoms with Crippen molar-refractivity contribution in [2.45, 2.75) is 0 Å². The van der Waals surface area contributed by atoms with Crippen LogP contribution in [0.3, 0.4) is 0 Å². The van der Waals surface area contributed by atoms with Crippen LogP contribution in [0.25, 0.3) is 10.9 Å². The van der Waals surface area contributed by atoms with E-state index in [9.17, 15) is 5.11 Å². The van der Waals surface area contributed by atoms with Gasteiger partial charge in [-0.15, -0.1) is 0 Å². The summed E-state index contributed by atoms with van der Waals surface area (Å²) in [5.74, 6) is 0.144. The summed E-state index contributed by atoms with van der Waals surface area (Å²) >= 11 is 5.68. The van der Waals surface area contributed by atoms with Crippen molar-refractivity contribution >= 4 is 22.5 Å². The molecule has 2 rings (SSSR count). The summed E-state index contributed by atoms with van der Waals surface area (Å²) in [6.07, 6.45) is 1.76. The fourth-order valence-electron chi connectivity index (χ4n) is 1.09. The molecule has 56 valence electrons. The number of benzene rings is 1. The van der Waals surface area contributed by atoms with Crippen molar-refractivity contribution in [2.24, 2.45) is 0 Å². The molecular weight excluding hydrogens is 162 g/mol. The number of aromatic hydroxyl groups is 1. The maximum Gasteiger partial charge on any atom is 0.143 e. The molecule has 0 spiro atoms. The molecule has 1 aromatic heterocycles. The van der Waals surface area contributed by atoms with Gasteiger partial charge in [-0.05, 0) is 18.2 Å². The van der Waals surface area contributed by atoms with Crippen molar-refractivity contribution in [2.75, 3.05) is 0 Å². The monoisotopic (exact) mass is 167 g/mol. The number of phenols is 1. The Hall–Kier alpha value is -1.15. The molecular formula is C8H6ClNO. The van der Waals surface area contributed by atoms with Gasteiger partial charge in [0.1, 0.15) is 5.75 Å². The standard InChI is InChI=1S/C8H6ClNO/c9-6-1-2-7-5(8(6)11)3-4-10-7/h1-4,10-11H. The lowest BCUT2D eigenvalue weighted by Crippen LogP contribution is -1.70. The van der Waals surface area contributed by atoms with Gasteiger partial charge in [0.2, 0.25) is 0 Å². The largest absolute Gasteiger partial charge is 0.506 e.